The number of hydrogen-bond acceptors (Lipinski definition) is 3. The number of nitrogens with zero attached hydrogens (tertiary/aromatic N) is 3. The van der Waals surface area contributed by atoms with Crippen LogP contribution in [-0.2, 0) is 6.42 Å². The molecule has 3 nitrogen and oxygen atoms in total. The molecule has 0 saturated carbocycles. The second-order valence-electron chi connectivity index (χ2n) is 6.83. The fourth-order valence-electron chi connectivity index (χ4n) is 4.13. The standard InChI is InChI=1S/C18H29N3/c1-20(14-10-17-8-2-4-11-19-17)15-16-7-6-13-21-12-5-3-9-18(16)21/h2,4,8,11,16,18H,3,5-7,9-10,12-15H2,1H3/t16-,18+/m0/s1. The van der Waals surface area contributed by atoms with Gasteiger partial charge in [-0.25, -0.2) is 0 Å². The highest BCUT2D eigenvalue weighted by Crippen LogP contribution is 2.31. The molecule has 0 aliphatic carbocycles. The summed E-state index contributed by atoms with van der Waals surface area (Å²) < 4.78 is 0. The lowest BCUT2D eigenvalue weighted by molar-refractivity contribution is 0.0447. The summed E-state index contributed by atoms with van der Waals surface area (Å²) >= 11 is 0. The number of rotatable bonds is 5. The van der Waals surface area contributed by atoms with Gasteiger partial charge in [0.15, 0.2) is 0 Å². The molecule has 0 radical (unpaired) electrons. The molecule has 2 aliphatic heterocycles. The van der Waals surface area contributed by atoms with Crippen LogP contribution >= 0.6 is 0 Å². The molecule has 2 saturated heterocycles. The van der Waals surface area contributed by atoms with E-state index in [2.05, 4.69) is 34.0 Å². The van der Waals surface area contributed by atoms with E-state index in [-0.39, 0.29) is 0 Å². The first kappa shape index (κ1) is 15.0. The maximum absolute atomic E-state index is 4.43. The first-order chi connectivity index (χ1) is 10.3. The van der Waals surface area contributed by atoms with Crippen molar-refractivity contribution in [2.24, 2.45) is 5.92 Å². The molecule has 0 N–H and O–H groups in total. The van der Waals surface area contributed by atoms with Crippen LogP contribution in [0.3, 0.4) is 0 Å². The summed E-state index contributed by atoms with van der Waals surface area (Å²) in [6.07, 6.45) is 10.1. The molecule has 116 valence electrons. The average Bonchev–Trinajstić information content (AvgIpc) is 2.54. The molecule has 0 aromatic carbocycles. The molecular weight excluding hydrogens is 258 g/mol. The molecule has 2 fully saturated rings. The van der Waals surface area contributed by atoms with E-state index < -0.39 is 0 Å². The van der Waals surface area contributed by atoms with Crippen LogP contribution in [0.15, 0.2) is 24.4 Å². The van der Waals surface area contributed by atoms with Crippen molar-refractivity contribution in [3.8, 4) is 0 Å². The highest BCUT2D eigenvalue weighted by Gasteiger charge is 2.33. The van der Waals surface area contributed by atoms with Gasteiger partial charge in [-0.3, -0.25) is 4.98 Å². The molecule has 1 aromatic rings. The molecule has 3 rings (SSSR count). The van der Waals surface area contributed by atoms with Crippen molar-refractivity contribution in [2.75, 3.05) is 33.2 Å². The van der Waals surface area contributed by atoms with E-state index in [4.69, 9.17) is 0 Å². The summed E-state index contributed by atoms with van der Waals surface area (Å²) in [7, 11) is 2.28. The Balaban J connectivity index is 1.48. The van der Waals surface area contributed by atoms with Crippen LogP contribution in [0.2, 0.25) is 0 Å². The van der Waals surface area contributed by atoms with E-state index in [1.54, 1.807) is 0 Å². The first-order valence-corrected chi connectivity index (χ1v) is 8.65. The van der Waals surface area contributed by atoms with Crippen LogP contribution in [0.4, 0.5) is 0 Å². The highest BCUT2D eigenvalue weighted by atomic mass is 15.2. The summed E-state index contributed by atoms with van der Waals surface area (Å²) in [5, 5.41) is 0. The quantitative estimate of drug-likeness (QED) is 0.830. The lowest BCUT2D eigenvalue weighted by atomic mass is 9.83. The highest BCUT2D eigenvalue weighted by molar-refractivity contribution is 5.03. The number of likely N-dealkylation sites (N-methyl/N-ethyl adjacent to an activating group) is 1. The number of aromatic nitrogens is 1. The summed E-state index contributed by atoms with van der Waals surface area (Å²) in [6, 6.07) is 7.08. The van der Waals surface area contributed by atoms with E-state index in [1.807, 2.05) is 12.3 Å². The van der Waals surface area contributed by atoms with E-state index in [0.717, 1.165) is 24.9 Å². The van der Waals surface area contributed by atoms with Gasteiger partial charge < -0.3 is 9.80 Å². The predicted molar refractivity (Wildman–Crippen MR) is 87.4 cm³/mol. The first-order valence-electron chi connectivity index (χ1n) is 8.65. The van der Waals surface area contributed by atoms with Crippen LogP contribution in [0.1, 0.15) is 37.8 Å². The normalized spacial score (nSPS) is 26.8. The molecule has 0 amide bonds. The van der Waals surface area contributed by atoms with Crippen molar-refractivity contribution < 1.29 is 0 Å². The Bertz CT molecular complexity index is 418. The molecule has 2 aliphatic rings. The van der Waals surface area contributed by atoms with Crippen molar-refractivity contribution in [3.63, 3.8) is 0 Å². The maximum Gasteiger partial charge on any atom is 0.0416 e. The monoisotopic (exact) mass is 287 g/mol. The van der Waals surface area contributed by atoms with Gasteiger partial charge in [-0.05, 0) is 63.9 Å². The van der Waals surface area contributed by atoms with Gasteiger partial charge in [0.1, 0.15) is 0 Å². The maximum atomic E-state index is 4.43. The van der Waals surface area contributed by atoms with E-state index in [0.29, 0.717) is 0 Å². The second-order valence-corrected chi connectivity index (χ2v) is 6.83. The van der Waals surface area contributed by atoms with Gasteiger partial charge in [0.25, 0.3) is 0 Å². The Labute approximate surface area is 129 Å². The lowest BCUT2D eigenvalue weighted by Gasteiger charge is -2.45. The Morgan fingerprint density at radius 2 is 2.10 bits per heavy atom. The molecule has 2 atom stereocenters. The summed E-state index contributed by atoms with van der Waals surface area (Å²) in [5.41, 5.74) is 1.22. The zero-order chi connectivity index (χ0) is 14.5. The third kappa shape index (κ3) is 4.04. The fourth-order valence-corrected chi connectivity index (χ4v) is 4.13. The molecule has 21 heavy (non-hydrogen) atoms. The summed E-state index contributed by atoms with van der Waals surface area (Å²) in [4.78, 5) is 9.72. The zero-order valence-corrected chi connectivity index (χ0v) is 13.4. The topological polar surface area (TPSA) is 19.4 Å². The number of fused-ring (bicyclic) bond motifs is 1. The fraction of sp³-hybridized carbons (Fsp3) is 0.722. The van der Waals surface area contributed by atoms with Gasteiger partial charge in [0, 0.05) is 37.4 Å². The van der Waals surface area contributed by atoms with Gasteiger partial charge >= 0.3 is 0 Å². The lowest BCUT2D eigenvalue weighted by Crippen LogP contribution is -2.50. The van der Waals surface area contributed by atoms with Crippen molar-refractivity contribution in [1.82, 2.24) is 14.8 Å². The smallest absolute Gasteiger partial charge is 0.0416 e. The Kier molecular flexibility index (Phi) is 5.26. The number of piperidine rings is 2. The summed E-state index contributed by atoms with van der Waals surface area (Å²) in [6.45, 7) is 5.08. The van der Waals surface area contributed by atoms with Crippen LogP contribution in [0, 0.1) is 5.92 Å². The molecule has 0 unspecified atom stereocenters. The molecule has 1 aromatic heterocycles. The minimum atomic E-state index is 0.866. The second kappa shape index (κ2) is 7.37. The Morgan fingerprint density at radius 1 is 1.19 bits per heavy atom. The average molecular weight is 287 g/mol. The van der Waals surface area contributed by atoms with E-state index in [1.165, 1.54) is 57.4 Å². The van der Waals surface area contributed by atoms with Gasteiger partial charge in [-0.15, -0.1) is 0 Å². The number of pyridine rings is 1. The van der Waals surface area contributed by atoms with Crippen molar-refractivity contribution in [3.05, 3.63) is 30.1 Å². The zero-order valence-electron chi connectivity index (χ0n) is 13.4. The van der Waals surface area contributed by atoms with Crippen molar-refractivity contribution in [1.29, 1.82) is 0 Å². The largest absolute Gasteiger partial charge is 0.306 e. The minimum absolute atomic E-state index is 0.866. The third-order valence-electron chi connectivity index (χ3n) is 5.25. The molecule has 0 spiro atoms. The van der Waals surface area contributed by atoms with E-state index in [9.17, 15) is 0 Å². The van der Waals surface area contributed by atoms with Crippen LogP contribution in [0.25, 0.3) is 0 Å². The third-order valence-corrected chi connectivity index (χ3v) is 5.25. The van der Waals surface area contributed by atoms with Gasteiger partial charge in [0.2, 0.25) is 0 Å². The molecule has 0 bridgehead atoms. The number of hydrogen-bond donors (Lipinski definition) is 0. The Morgan fingerprint density at radius 3 is 2.95 bits per heavy atom. The van der Waals surface area contributed by atoms with Crippen molar-refractivity contribution in [2.45, 2.75) is 44.6 Å². The molecule has 3 heteroatoms. The Hall–Kier alpha value is -0.930. The van der Waals surface area contributed by atoms with Gasteiger partial charge in [0.05, 0.1) is 0 Å². The van der Waals surface area contributed by atoms with Crippen LogP contribution in [-0.4, -0.2) is 54.1 Å². The molecule has 3 heterocycles. The predicted octanol–water partition coefficient (Wildman–Crippen LogP) is 2.82. The SMILES string of the molecule is CN(CCc1ccccn1)C[C@@H]1CCCN2CCCC[C@H]12. The van der Waals surface area contributed by atoms with Crippen molar-refractivity contribution >= 4 is 0 Å². The van der Waals surface area contributed by atoms with Crippen LogP contribution < -0.4 is 0 Å². The minimum Gasteiger partial charge on any atom is -0.306 e. The summed E-state index contributed by atoms with van der Waals surface area (Å²) in [5.74, 6) is 0.882. The van der Waals surface area contributed by atoms with Crippen LogP contribution in [0.5, 0.6) is 0 Å². The van der Waals surface area contributed by atoms with Gasteiger partial charge in [-0.2, -0.15) is 0 Å². The molecular formula is C18H29N3. The van der Waals surface area contributed by atoms with Gasteiger partial charge in [-0.1, -0.05) is 12.5 Å². The van der Waals surface area contributed by atoms with E-state index >= 15 is 0 Å².